The molecule has 45 heavy (non-hydrogen) atoms. The molecule has 5 aromatic rings. The van der Waals surface area contributed by atoms with Crippen LogP contribution in [0.3, 0.4) is 0 Å². The number of aromatic nitrogens is 6. The Morgan fingerprint density at radius 1 is 1.07 bits per heavy atom. The van der Waals surface area contributed by atoms with Crippen LogP contribution in [0.2, 0.25) is 0 Å². The maximum atomic E-state index is 12.7. The lowest BCUT2D eigenvalue weighted by atomic mass is 10.0. The molecule has 1 aliphatic rings. The molecule has 1 fully saturated rings. The average molecular weight is 694 g/mol. The summed E-state index contributed by atoms with van der Waals surface area (Å²) < 4.78 is 26.7. The van der Waals surface area contributed by atoms with Crippen molar-refractivity contribution in [2.24, 2.45) is 7.05 Å². The Morgan fingerprint density at radius 2 is 1.89 bits per heavy atom. The first-order valence-corrected chi connectivity index (χ1v) is 17.2. The predicted molar refractivity (Wildman–Crippen MR) is 176 cm³/mol. The van der Waals surface area contributed by atoms with Crippen LogP contribution in [0.5, 0.6) is 11.5 Å². The highest BCUT2D eigenvalue weighted by atomic mass is 79.9. The fraction of sp³-hybridized carbons (Fsp3) is 0.241. The first kappa shape index (κ1) is 30.3. The fourth-order valence-electron chi connectivity index (χ4n) is 4.92. The number of anilines is 5. The number of methoxy groups -OCH3 is 1. The number of fused-ring (bicyclic) bond motifs is 1. The Hall–Kier alpha value is -4.75. The highest BCUT2D eigenvalue weighted by Gasteiger charge is 2.24. The standard InChI is InChI=1S/C29H30BrN10O4P/c1-39-15-17(13-35-39)18-11-22(24(43-2)12-23(18)40-10-9-32-25(41)16-40)37-29-34-14-19(30)28(38-29)36-21-6-5-20-26(33-8-7-31-20)27(21)44-45(3,4)42/h5-8,11-15H,9-10,16H2,1-4H3,(H,32,41)(H2,34,36,37,38). The normalized spacial score (nSPS) is 13.4. The van der Waals surface area contributed by atoms with Crippen molar-refractivity contribution >= 4 is 69.1 Å². The van der Waals surface area contributed by atoms with E-state index < -0.39 is 7.37 Å². The van der Waals surface area contributed by atoms with Gasteiger partial charge in [0.1, 0.15) is 17.1 Å². The Kier molecular flexibility index (Phi) is 8.30. The summed E-state index contributed by atoms with van der Waals surface area (Å²) in [6.07, 6.45) is 8.43. The molecule has 232 valence electrons. The summed E-state index contributed by atoms with van der Waals surface area (Å²) in [5.41, 5.74) is 4.75. The lowest BCUT2D eigenvalue weighted by Gasteiger charge is -2.31. The Bertz CT molecular complexity index is 1960. The molecule has 1 saturated heterocycles. The molecule has 1 aliphatic heterocycles. The number of aryl methyl sites for hydroxylation is 1. The van der Waals surface area contributed by atoms with E-state index in [4.69, 9.17) is 14.2 Å². The molecule has 0 radical (unpaired) electrons. The van der Waals surface area contributed by atoms with Crippen LogP contribution in [0, 0.1) is 0 Å². The number of carbonyl (C=O) groups is 1. The fourth-order valence-corrected chi connectivity index (χ4v) is 5.83. The summed E-state index contributed by atoms with van der Waals surface area (Å²) in [6, 6.07) is 7.39. The van der Waals surface area contributed by atoms with Crippen molar-refractivity contribution in [3.8, 4) is 22.6 Å². The highest BCUT2D eigenvalue weighted by Crippen LogP contribution is 2.46. The Balaban J connectivity index is 1.37. The maximum absolute atomic E-state index is 12.7. The molecule has 0 saturated carbocycles. The van der Waals surface area contributed by atoms with Crippen molar-refractivity contribution in [3.05, 3.63) is 59.7 Å². The minimum Gasteiger partial charge on any atom is -0.494 e. The second-order valence-corrected chi connectivity index (χ2v) is 14.1. The SMILES string of the molecule is COc1cc(N2CCNC(=O)C2)c(-c2cnn(C)c2)cc1Nc1ncc(Br)c(Nc2ccc3nccnc3c2OP(C)(C)=O)n1. The number of benzene rings is 2. The van der Waals surface area contributed by atoms with Crippen molar-refractivity contribution < 1.29 is 18.6 Å². The highest BCUT2D eigenvalue weighted by molar-refractivity contribution is 9.10. The number of hydrogen-bond donors (Lipinski definition) is 3. The van der Waals surface area contributed by atoms with E-state index in [1.807, 2.05) is 30.3 Å². The van der Waals surface area contributed by atoms with Gasteiger partial charge in [-0.25, -0.2) is 9.97 Å². The Labute approximate surface area is 267 Å². The number of ether oxygens (including phenoxy) is 1. The zero-order chi connectivity index (χ0) is 31.7. The quantitative estimate of drug-likeness (QED) is 0.179. The zero-order valence-electron chi connectivity index (χ0n) is 24.9. The van der Waals surface area contributed by atoms with Crippen LogP contribution in [0.1, 0.15) is 0 Å². The van der Waals surface area contributed by atoms with Crippen molar-refractivity contribution in [2.45, 2.75) is 0 Å². The molecule has 0 spiro atoms. The van der Waals surface area contributed by atoms with Crippen LogP contribution in [0.15, 0.2) is 59.7 Å². The third kappa shape index (κ3) is 6.69. The number of nitrogens with one attached hydrogen (secondary N) is 3. The monoisotopic (exact) mass is 692 g/mol. The largest absolute Gasteiger partial charge is 0.494 e. The lowest BCUT2D eigenvalue weighted by Crippen LogP contribution is -2.47. The van der Waals surface area contributed by atoms with E-state index in [9.17, 15) is 9.36 Å². The van der Waals surface area contributed by atoms with E-state index in [1.54, 1.807) is 48.7 Å². The second kappa shape index (κ2) is 12.3. The topological polar surface area (TPSA) is 161 Å². The van der Waals surface area contributed by atoms with E-state index >= 15 is 0 Å². The Morgan fingerprint density at radius 3 is 2.62 bits per heavy atom. The van der Waals surface area contributed by atoms with Gasteiger partial charge in [-0.3, -0.25) is 19.0 Å². The zero-order valence-corrected chi connectivity index (χ0v) is 27.4. The predicted octanol–water partition coefficient (Wildman–Crippen LogP) is 4.93. The summed E-state index contributed by atoms with van der Waals surface area (Å²) >= 11 is 3.53. The van der Waals surface area contributed by atoms with Crippen molar-refractivity contribution in [1.82, 2.24) is 35.0 Å². The molecule has 0 unspecified atom stereocenters. The molecule has 2 aromatic carbocycles. The smallest absolute Gasteiger partial charge is 0.242 e. The minimum atomic E-state index is -2.96. The number of halogens is 1. The van der Waals surface area contributed by atoms with Gasteiger partial charge in [-0.05, 0) is 34.1 Å². The molecule has 14 nitrogen and oxygen atoms in total. The van der Waals surface area contributed by atoms with Crippen molar-refractivity contribution in [3.63, 3.8) is 0 Å². The third-order valence-electron chi connectivity index (χ3n) is 6.86. The average Bonchev–Trinajstić information content (AvgIpc) is 3.45. The minimum absolute atomic E-state index is 0.0458. The molecule has 4 heterocycles. The van der Waals surface area contributed by atoms with Gasteiger partial charge in [0.05, 0.1) is 41.2 Å². The number of nitrogens with zero attached hydrogens (tertiary/aromatic N) is 7. The maximum Gasteiger partial charge on any atom is 0.242 e. The number of hydrogen-bond acceptors (Lipinski definition) is 12. The molecule has 6 rings (SSSR count). The van der Waals surface area contributed by atoms with Gasteiger partial charge in [0.15, 0.2) is 5.75 Å². The van der Waals surface area contributed by atoms with Gasteiger partial charge in [-0.2, -0.15) is 10.1 Å². The van der Waals surface area contributed by atoms with Crippen LogP contribution in [-0.2, 0) is 16.4 Å². The van der Waals surface area contributed by atoms with Crippen molar-refractivity contribution in [2.75, 3.05) is 55.6 Å². The number of carbonyl (C=O) groups excluding carboxylic acids is 1. The van der Waals surface area contributed by atoms with Crippen LogP contribution in [0.4, 0.5) is 28.8 Å². The van der Waals surface area contributed by atoms with E-state index in [1.165, 1.54) is 13.3 Å². The van der Waals surface area contributed by atoms with Crippen LogP contribution in [0.25, 0.3) is 22.2 Å². The number of amides is 1. The van der Waals surface area contributed by atoms with E-state index in [2.05, 4.69) is 51.9 Å². The first-order chi connectivity index (χ1) is 21.6. The van der Waals surface area contributed by atoms with Gasteiger partial charge in [0.25, 0.3) is 0 Å². The number of rotatable bonds is 9. The summed E-state index contributed by atoms with van der Waals surface area (Å²) in [5.74, 6) is 1.50. The molecule has 16 heteroatoms. The van der Waals surface area contributed by atoms with Gasteiger partial charge in [0, 0.05) is 81.1 Å². The van der Waals surface area contributed by atoms with Crippen LogP contribution in [-0.4, -0.2) is 75.7 Å². The van der Waals surface area contributed by atoms with E-state index in [-0.39, 0.29) is 18.4 Å². The molecular weight excluding hydrogens is 663 g/mol. The molecule has 0 atom stereocenters. The summed E-state index contributed by atoms with van der Waals surface area (Å²) in [6.45, 7) is 4.49. The molecular formula is C29H30BrN10O4P. The van der Waals surface area contributed by atoms with E-state index in [0.717, 1.165) is 16.8 Å². The van der Waals surface area contributed by atoms with Gasteiger partial charge >= 0.3 is 0 Å². The van der Waals surface area contributed by atoms with Crippen LogP contribution < -0.4 is 30.1 Å². The molecule has 0 bridgehead atoms. The molecule has 3 N–H and O–H groups in total. The third-order valence-corrected chi connectivity index (χ3v) is 8.06. The summed E-state index contributed by atoms with van der Waals surface area (Å²) in [5, 5.41) is 13.8. The van der Waals surface area contributed by atoms with Gasteiger partial charge in [-0.15, -0.1) is 0 Å². The number of piperazine rings is 1. The lowest BCUT2D eigenvalue weighted by molar-refractivity contribution is -0.120. The summed E-state index contributed by atoms with van der Waals surface area (Å²) in [7, 11) is 0.473. The van der Waals surface area contributed by atoms with Crippen molar-refractivity contribution in [1.29, 1.82) is 0 Å². The first-order valence-electron chi connectivity index (χ1n) is 13.9. The van der Waals surface area contributed by atoms with E-state index in [0.29, 0.717) is 57.3 Å². The van der Waals surface area contributed by atoms with Gasteiger partial charge in [0.2, 0.25) is 19.2 Å². The van der Waals surface area contributed by atoms with Crippen LogP contribution >= 0.6 is 23.3 Å². The van der Waals surface area contributed by atoms with Gasteiger partial charge < -0.3 is 30.1 Å². The molecule has 1 amide bonds. The molecule has 0 aliphatic carbocycles. The molecule has 3 aromatic heterocycles. The second-order valence-electron chi connectivity index (χ2n) is 10.6. The van der Waals surface area contributed by atoms with Gasteiger partial charge in [-0.1, -0.05) is 0 Å². The summed E-state index contributed by atoms with van der Waals surface area (Å²) in [4.78, 5) is 32.2.